The predicted octanol–water partition coefficient (Wildman–Crippen LogP) is 2.08. The van der Waals surface area contributed by atoms with Gasteiger partial charge in [-0.3, -0.25) is 9.23 Å². The van der Waals surface area contributed by atoms with E-state index >= 15 is 0 Å². The first kappa shape index (κ1) is 12.5. The van der Waals surface area contributed by atoms with E-state index in [0.717, 1.165) is 15.4 Å². The smallest absolute Gasteiger partial charge is 0.269 e. The normalized spacial score (nSPS) is 14.1. The maximum atomic E-state index is 10.9. The molecule has 7 heteroatoms. The van der Waals surface area contributed by atoms with Gasteiger partial charge in [-0.1, -0.05) is 15.9 Å². The Balaban J connectivity index is 2.32. The summed E-state index contributed by atoms with van der Waals surface area (Å²) in [5, 5.41) is 4.27. The highest BCUT2D eigenvalue weighted by Gasteiger charge is 2.18. The average Bonchev–Trinajstić information content (AvgIpc) is 2.57. The van der Waals surface area contributed by atoms with Crippen LogP contribution in [0.2, 0.25) is 0 Å². The predicted molar refractivity (Wildman–Crippen MR) is 68.4 cm³/mol. The summed E-state index contributed by atoms with van der Waals surface area (Å²) in [7, 11) is -4.02. The zero-order valence-corrected chi connectivity index (χ0v) is 11.4. The van der Waals surface area contributed by atoms with Crippen LogP contribution < -0.4 is 0 Å². The molecule has 2 aromatic rings. The summed E-state index contributed by atoms with van der Waals surface area (Å²) >= 11 is 3.35. The van der Waals surface area contributed by atoms with Crippen LogP contribution in [0.3, 0.4) is 0 Å². The fourth-order valence-electron chi connectivity index (χ4n) is 1.50. The summed E-state index contributed by atoms with van der Waals surface area (Å²) in [5.74, 6) is 0. The van der Waals surface area contributed by atoms with Crippen molar-refractivity contribution in [1.82, 2.24) is 9.78 Å². The van der Waals surface area contributed by atoms with Gasteiger partial charge in [-0.05, 0) is 25.1 Å². The molecule has 0 saturated carbocycles. The third kappa shape index (κ3) is 2.85. The van der Waals surface area contributed by atoms with E-state index < -0.39 is 15.4 Å². The SMILES string of the molecule is CC(Cn1cc2cc(Br)ccc2n1)S(=O)(=O)O. The lowest BCUT2D eigenvalue weighted by Crippen LogP contribution is -2.22. The van der Waals surface area contributed by atoms with Crippen LogP contribution in [0.5, 0.6) is 0 Å². The molecule has 1 atom stereocenters. The maximum absolute atomic E-state index is 10.9. The molecule has 1 unspecified atom stereocenters. The highest BCUT2D eigenvalue weighted by atomic mass is 79.9. The number of hydrogen-bond acceptors (Lipinski definition) is 3. The zero-order chi connectivity index (χ0) is 12.6. The van der Waals surface area contributed by atoms with Gasteiger partial charge in [-0.25, -0.2) is 0 Å². The summed E-state index contributed by atoms with van der Waals surface area (Å²) in [6.07, 6.45) is 1.75. The first-order chi connectivity index (χ1) is 7.86. The number of rotatable bonds is 3. The Labute approximate surface area is 107 Å². The number of aromatic nitrogens is 2. The molecule has 0 bridgehead atoms. The molecule has 0 spiro atoms. The van der Waals surface area contributed by atoms with Crippen LogP contribution in [-0.4, -0.2) is 28.0 Å². The van der Waals surface area contributed by atoms with E-state index in [1.807, 2.05) is 18.2 Å². The number of halogens is 1. The van der Waals surface area contributed by atoms with Crippen LogP contribution in [0, 0.1) is 0 Å². The number of hydrogen-bond donors (Lipinski definition) is 1. The van der Waals surface area contributed by atoms with E-state index in [1.165, 1.54) is 11.6 Å². The Bertz CT molecular complexity index is 651. The van der Waals surface area contributed by atoms with Gasteiger partial charge >= 0.3 is 0 Å². The minimum atomic E-state index is -4.02. The Kier molecular flexibility index (Phi) is 3.24. The van der Waals surface area contributed by atoms with Gasteiger partial charge < -0.3 is 0 Å². The van der Waals surface area contributed by atoms with E-state index in [-0.39, 0.29) is 6.54 Å². The molecule has 17 heavy (non-hydrogen) atoms. The van der Waals surface area contributed by atoms with Gasteiger partial charge in [0.15, 0.2) is 0 Å². The second-order valence-corrected chi connectivity index (χ2v) is 6.63. The van der Waals surface area contributed by atoms with Gasteiger partial charge in [-0.2, -0.15) is 13.5 Å². The molecular formula is C10H11BrN2O3S. The van der Waals surface area contributed by atoms with Crippen molar-refractivity contribution in [2.75, 3.05) is 0 Å². The molecule has 92 valence electrons. The Morgan fingerprint density at radius 2 is 2.24 bits per heavy atom. The Morgan fingerprint density at radius 3 is 2.88 bits per heavy atom. The molecule has 0 saturated heterocycles. The molecule has 0 aliphatic rings. The first-order valence-corrected chi connectivity index (χ1v) is 7.25. The van der Waals surface area contributed by atoms with Gasteiger partial charge in [0.1, 0.15) is 5.25 Å². The molecule has 1 aromatic heterocycles. The third-order valence-corrected chi connectivity index (χ3v) is 4.13. The van der Waals surface area contributed by atoms with Crippen LogP contribution in [0.4, 0.5) is 0 Å². The van der Waals surface area contributed by atoms with Crippen molar-refractivity contribution in [1.29, 1.82) is 0 Å². The first-order valence-electron chi connectivity index (χ1n) is 4.95. The third-order valence-electron chi connectivity index (χ3n) is 2.47. The quantitative estimate of drug-likeness (QED) is 0.879. The van der Waals surface area contributed by atoms with E-state index in [2.05, 4.69) is 21.0 Å². The standard InChI is InChI=1S/C10H11BrN2O3S/c1-7(17(14,15)16)5-13-6-8-4-9(11)2-3-10(8)12-13/h2-4,6-7H,5H2,1H3,(H,14,15,16). The molecular weight excluding hydrogens is 308 g/mol. The molecule has 0 aliphatic carbocycles. The summed E-state index contributed by atoms with van der Waals surface area (Å²) < 4.78 is 33.2. The van der Waals surface area contributed by atoms with Crippen molar-refractivity contribution in [3.8, 4) is 0 Å². The van der Waals surface area contributed by atoms with Crippen molar-refractivity contribution in [3.05, 3.63) is 28.9 Å². The van der Waals surface area contributed by atoms with E-state index in [4.69, 9.17) is 4.55 Å². The topological polar surface area (TPSA) is 72.2 Å². The zero-order valence-electron chi connectivity index (χ0n) is 9.04. The largest absolute Gasteiger partial charge is 0.285 e. The van der Waals surface area contributed by atoms with E-state index in [1.54, 1.807) is 6.20 Å². The van der Waals surface area contributed by atoms with Crippen LogP contribution in [0.1, 0.15) is 6.92 Å². The van der Waals surface area contributed by atoms with Gasteiger partial charge in [0.05, 0.1) is 12.1 Å². The van der Waals surface area contributed by atoms with Crippen molar-refractivity contribution < 1.29 is 13.0 Å². The van der Waals surface area contributed by atoms with Crippen LogP contribution >= 0.6 is 15.9 Å². The molecule has 5 nitrogen and oxygen atoms in total. The molecule has 1 N–H and O–H groups in total. The highest BCUT2D eigenvalue weighted by molar-refractivity contribution is 9.10. The van der Waals surface area contributed by atoms with Gasteiger partial charge in [0.25, 0.3) is 10.1 Å². The lowest BCUT2D eigenvalue weighted by atomic mass is 10.3. The number of benzene rings is 1. The molecule has 0 aliphatic heterocycles. The summed E-state index contributed by atoms with van der Waals surface area (Å²) in [6.45, 7) is 1.57. The van der Waals surface area contributed by atoms with Gasteiger partial charge in [-0.15, -0.1) is 0 Å². The highest BCUT2D eigenvalue weighted by Crippen LogP contribution is 2.18. The lowest BCUT2D eigenvalue weighted by Gasteiger charge is -2.07. The molecule has 2 rings (SSSR count). The van der Waals surface area contributed by atoms with Crippen molar-refractivity contribution >= 4 is 37.0 Å². The van der Waals surface area contributed by atoms with Gasteiger partial charge in [0, 0.05) is 16.1 Å². The van der Waals surface area contributed by atoms with Crippen molar-refractivity contribution in [3.63, 3.8) is 0 Å². The molecule has 0 radical (unpaired) electrons. The van der Waals surface area contributed by atoms with E-state index in [0.29, 0.717) is 0 Å². The summed E-state index contributed by atoms with van der Waals surface area (Å²) in [6, 6.07) is 5.61. The minimum absolute atomic E-state index is 0.130. The van der Waals surface area contributed by atoms with Crippen molar-refractivity contribution in [2.45, 2.75) is 18.7 Å². The fraction of sp³-hybridized carbons (Fsp3) is 0.300. The van der Waals surface area contributed by atoms with Crippen LogP contribution in [0.15, 0.2) is 28.9 Å². The van der Waals surface area contributed by atoms with Crippen LogP contribution in [0.25, 0.3) is 10.9 Å². The second kappa shape index (κ2) is 4.40. The van der Waals surface area contributed by atoms with Gasteiger partial charge in [0.2, 0.25) is 0 Å². The second-order valence-electron chi connectivity index (χ2n) is 3.88. The Hall–Kier alpha value is -0.920. The molecule has 1 aromatic carbocycles. The molecule has 0 amide bonds. The maximum Gasteiger partial charge on any atom is 0.269 e. The molecule has 1 heterocycles. The van der Waals surface area contributed by atoms with Crippen LogP contribution in [-0.2, 0) is 16.7 Å². The van der Waals surface area contributed by atoms with Crippen molar-refractivity contribution in [2.24, 2.45) is 0 Å². The monoisotopic (exact) mass is 318 g/mol. The minimum Gasteiger partial charge on any atom is -0.285 e. The van der Waals surface area contributed by atoms with E-state index in [9.17, 15) is 8.42 Å². The lowest BCUT2D eigenvalue weighted by molar-refractivity contribution is 0.455. The summed E-state index contributed by atoms with van der Waals surface area (Å²) in [5.41, 5.74) is 0.788. The Morgan fingerprint density at radius 1 is 1.53 bits per heavy atom. The number of fused-ring (bicyclic) bond motifs is 1. The number of nitrogens with zero attached hydrogens (tertiary/aromatic N) is 2. The summed E-state index contributed by atoms with van der Waals surface area (Å²) in [4.78, 5) is 0. The average molecular weight is 319 g/mol. The molecule has 0 fully saturated rings. The fourth-order valence-corrected chi connectivity index (χ4v) is 2.22.